The lowest BCUT2D eigenvalue weighted by atomic mass is 9.69. The topological polar surface area (TPSA) is 113 Å². The number of hydrogen-bond donors (Lipinski definition) is 3. The summed E-state index contributed by atoms with van der Waals surface area (Å²) in [6, 6.07) is 7.47. The van der Waals surface area contributed by atoms with Gasteiger partial charge in [-0.25, -0.2) is 4.79 Å². The Bertz CT molecular complexity index is 946. The fourth-order valence-corrected chi connectivity index (χ4v) is 4.80. The molecule has 0 bridgehead atoms. The number of amides is 2. The zero-order valence-corrected chi connectivity index (χ0v) is 18.5. The first-order chi connectivity index (χ1) is 14.0. The highest BCUT2D eigenvalue weighted by Gasteiger charge is 2.54. The third kappa shape index (κ3) is 3.64. The third-order valence-electron chi connectivity index (χ3n) is 6.34. The smallest absolute Gasteiger partial charge is 0.407 e. The van der Waals surface area contributed by atoms with E-state index in [9.17, 15) is 14.7 Å². The van der Waals surface area contributed by atoms with Gasteiger partial charge in [-0.05, 0) is 44.7 Å². The van der Waals surface area contributed by atoms with Gasteiger partial charge in [-0.15, -0.1) is 0 Å². The number of carboxylic acid groups (broad SMARTS) is 1. The Morgan fingerprint density at radius 1 is 1.33 bits per heavy atom. The second-order valence-corrected chi connectivity index (χ2v) is 9.49. The van der Waals surface area contributed by atoms with Crippen molar-refractivity contribution in [2.24, 2.45) is 11.1 Å². The number of likely N-dealkylation sites (tertiary alicyclic amines) is 1. The molecule has 3 rings (SSSR count). The number of nitrogens with zero attached hydrogens (tertiary/aromatic N) is 3. The number of nitrogens with one attached hydrogen (secondary N) is 1. The highest BCUT2D eigenvalue weighted by atomic mass is 16.4. The van der Waals surface area contributed by atoms with Crippen molar-refractivity contribution in [2.75, 3.05) is 13.1 Å². The van der Waals surface area contributed by atoms with Crippen LogP contribution in [-0.2, 0) is 0 Å². The van der Waals surface area contributed by atoms with E-state index in [2.05, 4.69) is 10.4 Å². The van der Waals surface area contributed by atoms with Crippen LogP contribution in [0, 0.1) is 5.41 Å². The summed E-state index contributed by atoms with van der Waals surface area (Å²) in [5, 5.41) is 18.3. The summed E-state index contributed by atoms with van der Waals surface area (Å²) < 4.78 is 1.84. The van der Waals surface area contributed by atoms with E-state index in [0.29, 0.717) is 25.1 Å². The number of rotatable bonds is 5. The van der Waals surface area contributed by atoms with Crippen LogP contribution in [0.1, 0.15) is 64.0 Å². The van der Waals surface area contributed by atoms with E-state index in [-0.39, 0.29) is 30.0 Å². The monoisotopic (exact) mass is 415 g/mol. The minimum atomic E-state index is -0.982. The molecule has 1 aromatic carbocycles. The third-order valence-corrected chi connectivity index (χ3v) is 6.34. The van der Waals surface area contributed by atoms with Crippen LogP contribution in [0.5, 0.6) is 0 Å². The van der Waals surface area contributed by atoms with Crippen molar-refractivity contribution in [3.05, 3.63) is 30.0 Å². The van der Waals surface area contributed by atoms with Crippen molar-refractivity contribution in [3.8, 4) is 0 Å². The molecule has 30 heavy (non-hydrogen) atoms. The first kappa shape index (κ1) is 22.1. The summed E-state index contributed by atoms with van der Waals surface area (Å²) in [7, 11) is 0. The molecular formula is C22H33N5O3. The largest absolute Gasteiger partial charge is 0.465 e. The highest BCUT2D eigenvalue weighted by Crippen LogP contribution is 2.46. The number of carbonyl (C=O) groups is 2. The number of para-hydroxylation sites is 1. The summed E-state index contributed by atoms with van der Waals surface area (Å²) in [6.45, 7) is 10.7. The van der Waals surface area contributed by atoms with Gasteiger partial charge in [-0.1, -0.05) is 39.0 Å². The van der Waals surface area contributed by atoms with E-state index in [0.717, 1.165) is 10.9 Å². The van der Waals surface area contributed by atoms with Crippen molar-refractivity contribution < 1.29 is 14.7 Å². The van der Waals surface area contributed by atoms with Crippen molar-refractivity contribution in [1.29, 1.82) is 0 Å². The molecule has 0 aliphatic carbocycles. The van der Waals surface area contributed by atoms with Gasteiger partial charge in [0.25, 0.3) is 5.91 Å². The van der Waals surface area contributed by atoms with E-state index < -0.39 is 11.6 Å². The Morgan fingerprint density at radius 3 is 2.57 bits per heavy atom. The second kappa shape index (κ2) is 7.91. The van der Waals surface area contributed by atoms with Gasteiger partial charge in [0.15, 0.2) is 5.69 Å². The van der Waals surface area contributed by atoms with Crippen molar-refractivity contribution in [3.63, 3.8) is 0 Å². The molecule has 2 heterocycles. The SMILES string of the molecule is CC(C)n1nc(C(=O)N[C@@H]2CN(C(=O)O)[C@@](CCN)(C(C)(C)C)C2)c2ccccc21. The van der Waals surface area contributed by atoms with Crippen LogP contribution in [0.2, 0.25) is 0 Å². The van der Waals surface area contributed by atoms with E-state index in [1.54, 1.807) is 0 Å². The van der Waals surface area contributed by atoms with E-state index in [4.69, 9.17) is 5.73 Å². The molecule has 8 nitrogen and oxygen atoms in total. The molecular weight excluding hydrogens is 382 g/mol. The molecule has 0 unspecified atom stereocenters. The highest BCUT2D eigenvalue weighted by molar-refractivity contribution is 6.05. The molecule has 2 aromatic rings. The van der Waals surface area contributed by atoms with Gasteiger partial charge < -0.3 is 16.2 Å². The molecule has 1 aliphatic rings. The predicted molar refractivity (Wildman–Crippen MR) is 117 cm³/mol. The van der Waals surface area contributed by atoms with Crippen molar-refractivity contribution >= 4 is 22.9 Å². The van der Waals surface area contributed by atoms with E-state index in [1.807, 2.05) is 63.6 Å². The number of hydrogen-bond acceptors (Lipinski definition) is 4. The molecule has 164 valence electrons. The first-order valence-corrected chi connectivity index (χ1v) is 10.5. The number of aromatic nitrogens is 2. The molecule has 1 saturated heterocycles. The Labute approximate surface area is 177 Å². The average Bonchev–Trinajstić information content (AvgIpc) is 3.21. The maximum Gasteiger partial charge on any atom is 0.407 e. The lowest BCUT2D eigenvalue weighted by Crippen LogP contribution is -2.56. The fraction of sp³-hybridized carbons (Fsp3) is 0.591. The number of nitrogens with two attached hydrogens (primary N) is 1. The summed E-state index contributed by atoms with van der Waals surface area (Å²) in [5.41, 5.74) is 6.18. The fourth-order valence-electron chi connectivity index (χ4n) is 4.80. The van der Waals surface area contributed by atoms with Crippen LogP contribution in [0.4, 0.5) is 4.79 Å². The molecule has 0 saturated carbocycles. The van der Waals surface area contributed by atoms with Crippen LogP contribution in [0.15, 0.2) is 24.3 Å². The average molecular weight is 416 g/mol. The number of fused-ring (bicyclic) bond motifs is 1. The summed E-state index contributed by atoms with van der Waals surface area (Å²) in [5.74, 6) is -0.279. The van der Waals surface area contributed by atoms with Crippen molar-refractivity contribution in [2.45, 2.75) is 65.1 Å². The van der Waals surface area contributed by atoms with Gasteiger partial charge in [0.2, 0.25) is 0 Å². The molecule has 1 aliphatic heterocycles. The standard InChI is InChI=1S/C22H33N5O3/c1-14(2)27-17-9-7-6-8-16(17)18(25-27)19(28)24-15-12-22(10-11-23,21(3,4)5)26(13-15)20(29)30/h6-9,14-15H,10-13,23H2,1-5H3,(H,24,28)(H,29,30)/t15-,22+/m0/s1. The maximum atomic E-state index is 13.2. The predicted octanol–water partition coefficient (Wildman–Crippen LogP) is 3.23. The normalized spacial score (nSPS) is 22.1. The summed E-state index contributed by atoms with van der Waals surface area (Å²) >= 11 is 0. The Hall–Kier alpha value is -2.61. The minimum absolute atomic E-state index is 0.114. The molecule has 1 fully saturated rings. The minimum Gasteiger partial charge on any atom is -0.465 e. The second-order valence-electron chi connectivity index (χ2n) is 9.49. The quantitative estimate of drug-likeness (QED) is 0.694. The molecule has 2 atom stereocenters. The van der Waals surface area contributed by atoms with Gasteiger partial charge in [0, 0.05) is 24.0 Å². The Balaban J connectivity index is 1.91. The Kier molecular flexibility index (Phi) is 5.82. The van der Waals surface area contributed by atoms with Crippen LogP contribution < -0.4 is 11.1 Å². The van der Waals surface area contributed by atoms with Crippen LogP contribution in [0.25, 0.3) is 10.9 Å². The summed E-state index contributed by atoms with van der Waals surface area (Å²) in [4.78, 5) is 26.7. The molecule has 1 aromatic heterocycles. The summed E-state index contributed by atoms with van der Waals surface area (Å²) in [6.07, 6.45) is 0.0823. The number of carbonyl (C=O) groups excluding carboxylic acids is 1. The van der Waals surface area contributed by atoms with E-state index in [1.165, 1.54) is 4.90 Å². The molecule has 2 amide bonds. The molecule has 0 spiro atoms. The molecule has 4 N–H and O–H groups in total. The van der Waals surface area contributed by atoms with Gasteiger partial charge in [-0.3, -0.25) is 14.4 Å². The van der Waals surface area contributed by atoms with E-state index >= 15 is 0 Å². The van der Waals surface area contributed by atoms with Gasteiger partial charge in [-0.2, -0.15) is 5.10 Å². The maximum absolute atomic E-state index is 13.2. The number of benzene rings is 1. The molecule has 8 heteroatoms. The zero-order valence-electron chi connectivity index (χ0n) is 18.5. The first-order valence-electron chi connectivity index (χ1n) is 10.5. The van der Waals surface area contributed by atoms with Crippen LogP contribution in [0.3, 0.4) is 0 Å². The van der Waals surface area contributed by atoms with Gasteiger partial charge >= 0.3 is 6.09 Å². The van der Waals surface area contributed by atoms with Crippen LogP contribution in [-0.4, -0.2) is 56.5 Å². The van der Waals surface area contributed by atoms with Gasteiger partial charge in [0.05, 0.1) is 11.1 Å². The van der Waals surface area contributed by atoms with Crippen LogP contribution >= 0.6 is 0 Å². The molecule has 0 radical (unpaired) electrons. The van der Waals surface area contributed by atoms with Gasteiger partial charge in [0.1, 0.15) is 0 Å². The van der Waals surface area contributed by atoms with Crippen molar-refractivity contribution in [1.82, 2.24) is 20.0 Å². The Morgan fingerprint density at radius 2 is 2.00 bits per heavy atom. The lowest BCUT2D eigenvalue weighted by molar-refractivity contribution is 0.0260. The lowest BCUT2D eigenvalue weighted by Gasteiger charge is -2.47. The zero-order chi connectivity index (χ0) is 22.3.